The molecule has 0 aliphatic rings. The SMILES string of the molecule is Cc1ccc(C(O)C(=O)C#Cc2ccccc2)cc1. The van der Waals surface area contributed by atoms with Gasteiger partial charge < -0.3 is 5.11 Å². The summed E-state index contributed by atoms with van der Waals surface area (Å²) in [6.07, 6.45) is -1.18. The summed E-state index contributed by atoms with van der Waals surface area (Å²) in [7, 11) is 0. The minimum absolute atomic E-state index is 0.493. The summed E-state index contributed by atoms with van der Waals surface area (Å²) in [5.41, 5.74) is 2.41. The van der Waals surface area contributed by atoms with Gasteiger partial charge in [0.15, 0.2) is 0 Å². The number of aliphatic hydroxyl groups excluding tert-OH is 1. The van der Waals surface area contributed by atoms with E-state index in [1.165, 1.54) is 0 Å². The minimum atomic E-state index is -1.18. The van der Waals surface area contributed by atoms with E-state index in [9.17, 15) is 9.90 Å². The molecular formula is C17H14O2. The molecule has 2 heteroatoms. The predicted octanol–water partition coefficient (Wildman–Crippen LogP) is 2.65. The van der Waals surface area contributed by atoms with Gasteiger partial charge in [-0.15, -0.1) is 0 Å². The lowest BCUT2D eigenvalue weighted by Gasteiger charge is -2.05. The van der Waals surface area contributed by atoms with E-state index < -0.39 is 11.9 Å². The van der Waals surface area contributed by atoms with Gasteiger partial charge in [0.1, 0.15) is 6.10 Å². The van der Waals surface area contributed by atoms with E-state index in [2.05, 4.69) is 11.8 Å². The maximum Gasteiger partial charge on any atom is 0.238 e. The fourth-order valence-electron chi connectivity index (χ4n) is 1.62. The first-order valence-electron chi connectivity index (χ1n) is 6.02. The summed E-state index contributed by atoms with van der Waals surface area (Å²) in [5.74, 6) is 4.73. The molecular weight excluding hydrogens is 236 g/mol. The van der Waals surface area contributed by atoms with E-state index in [1.54, 1.807) is 12.1 Å². The number of hydrogen-bond acceptors (Lipinski definition) is 2. The molecule has 2 rings (SSSR count). The summed E-state index contributed by atoms with van der Waals surface area (Å²) in [6, 6.07) is 16.4. The molecule has 0 aliphatic heterocycles. The van der Waals surface area contributed by atoms with E-state index in [1.807, 2.05) is 49.4 Å². The van der Waals surface area contributed by atoms with Gasteiger partial charge in [-0.2, -0.15) is 0 Å². The number of benzene rings is 2. The molecule has 0 heterocycles. The van der Waals surface area contributed by atoms with Gasteiger partial charge in [-0.25, -0.2) is 0 Å². The first kappa shape index (κ1) is 13.1. The third-order valence-electron chi connectivity index (χ3n) is 2.75. The fraction of sp³-hybridized carbons (Fsp3) is 0.118. The van der Waals surface area contributed by atoms with Gasteiger partial charge >= 0.3 is 0 Å². The van der Waals surface area contributed by atoms with E-state index in [-0.39, 0.29) is 0 Å². The number of aliphatic hydroxyl groups is 1. The van der Waals surface area contributed by atoms with E-state index in [4.69, 9.17) is 0 Å². The molecule has 0 saturated carbocycles. The Morgan fingerprint density at radius 1 is 1.05 bits per heavy atom. The van der Waals surface area contributed by atoms with Crippen molar-refractivity contribution >= 4 is 5.78 Å². The molecule has 0 fully saturated rings. The van der Waals surface area contributed by atoms with E-state index in [0.29, 0.717) is 5.56 Å². The maximum atomic E-state index is 11.8. The van der Waals surface area contributed by atoms with Crippen LogP contribution in [0.25, 0.3) is 0 Å². The number of carbonyl (C=O) groups excluding carboxylic acids is 1. The highest BCUT2D eigenvalue weighted by molar-refractivity contribution is 5.99. The number of ketones is 1. The Bertz CT molecular complexity index is 616. The second-order valence-corrected chi connectivity index (χ2v) is 4.29. The van der Waals surface area contributed by atoms with Gasteiger partial charge in [-0.05, 0) is 30.5 Å². The molecule has 1 atom stereocenters. The zero-order valence-electron chi connectivity index (χ0n) is 10.6. The predicted molar refractivity (Wildman–Crippen MR) is 74.5 cm³/mol. The Balaban J connectivity index is 2.12. The van der Waals surface area contributed by atoms with Crippen LogP contribution in [0.4, 0.5) is 0 Å². The van der Waals surface area contributed by atoms with E-state index in [0.717, 1.165) is 11.1 Å². The lowest BCUT2D eigenvalue weighted by Crippen LogP contribution is -2.09. The molecule has 0 saturated heterocycles. The molecule has 1 unspecified atom stereocenters. The normalized spacial score (nSPS) is 11.3. The third-order valence-corrected chi connectivity index (χ3v) is 2.75. The van der Waals surface area contributed by atoms with Crippen LogP contribution in [0.3, 0.4) is 0 Å². The number of Topliss-reactive ketones (excluding diaryl/α,β-unsaturated/α-hetero) is 1. The molecule has 2 nitrogen and oxygen atoms in total. The van der Waals surface area contributed by atoms with Gasteiger partial charge in [0.25, 0.3) is 0 Å². The van der Waals surface area contributed by atoms with Crippen LogP contribution in [-0.2, 0) is 4.79 Å². The molecule has 94 valence electrons. The molecule has 0 spiro atoms. The van der Waals surface area contributed by atoms with Crippen molar-refractivity contribution in [3.8, 4) is 11.8 Å². The summed E-state index contributed by atoms with van der Waals surface area (Å²) in [5, 5.41) is 9.91. The van der Waals surface area contributed by atoms with Crippen molar-refractivity contribution in [2.24, 2.45) is 0 Å². The van der Waals surface area contributed by atoms with Crippen molar-refractivity contribution in [3.05, 3.63) is 71.3 Å². The van der Waals surface area contributed by atoms with Crippen molar-refractivity contribution < 1.29 is 9.90 Å². The number of rotatable bonds is 2. The monoisotopic (exact) mass is 250 g/mol. The van der Waals surface area contributed by atoms with Crippen LogP contribution >= 0.6 is 0 Å². The molecule has 0 bridgehead atoms. The number of aryl methyl sites for hydroxylation is 1. The van der Waals surface area contributed by atoms with Crippen LogP contribution in [0.5, 0.6) is 0 Å². The van der Waals surface area contributed by atoms with Gasteiger partial charge in [-0.1, -0.05) is 53.9 Å². The van der Waals surface area contributed by atoms with Gasteiger partial charge in [0.2, 0.25) is 5.78 Å². The molecule has 0 amide bonds. The Labute approximate surface area is 112 Å². The molecule has 2 aromatic rings. The standard InChI is InChI=1S/C17H14O2/c1-13-7-10-15(11-8-13)17(19)16(18)12-9-14-5-3-2-4-6-14/h2-8,10-11,17,19H,1H3. The maximum absolute atomic E-state index is 11.8. The highest BCUT2D eigenvalue weighted by Gasteiger charge is 2.14. The zero-order chi connectivity index (χ0) is 13.7. The molecule has 0 aliphatic carbocycles. The number of carbonyl (C=O) groups is 1. The summed E-state index contributed by atoms with van der Waals surface area (Å²) in [6.45, 7) is 1.95. The van der Waals surface area contributed by atoms with Gasteiger partial charge in [-0.3, -0.25) is 4.79 Å². The summed E-state index contributed by atoms with van der Waals surface area (Å²) in [4.78, 5) is 11.8. The topological polar surface area (TPSA) is 37.3 Å². The lowest BCUT2D eigenvalue weighted by atomic mass is 10.0. The number of hydrogen-bond donors (Lipinski definition) is 1. The highest BCUT2D eigenvalue weighted by atomic mass is 16.3. The summed E-state index contributed by atoms with van der Waals surface area (Å²) < 4.78 is 0. The van der Waals surface area contributed by atoms with Crippen molar-refractivity contribution in [3.63, 3.8) is 0 Å². The Morgan fingerprint density at radius 3 is 2.32 bits per heavy atom. The van der Waals surface area contributed by atoms with Crippen LogP contribution in [-0.4, -0.2) is 10.9 Å². The molecule has 2 aromatic carbocycles. The van der Waals surface area contributed by atoms with Crippen LogP contribution in [0.2, 0.25) is 0 Å². The average Bonchev–Trinajstić information content (AvgIpc) is 2.46. The first-order valence-corrected chi connectivity index (χ1v) is 6.02. The minimum Gasteiger partial charge on any atom is -0.379 e. The fourth-order valence-corrected chi connectivity index (χ4v) is 1.62. The Hall–Kier alpha value is -2.37. The molecule has 19 heavy (non-hydrogen) atoms. The second kappa shape index (κ2) is 5.99. The highest BCUT2D eigenvalue weighted by Crippen LogP contribution is 2.14. The van der Waals surface area contributed by atoms with Crippen molar-refractivity contribution in [2.75, 3.05) is 0 Å². The lowest BCUT2D eigenvalue weighted by molar-refractivity contribution is -0.121. The van der Waals surface area contributed by atoms with Crippen molar-refractivity contribution in [1.82, 2.24) is 0 Å². The largest absolute Gasteiger partial charge is 0.379 e. The zero-order valence-corrected chi connectivity index (χ0v) is 10.6. The second-order valence-electron chi connectivity index (χ2n) is 4.29. The Kier molecular flexibility index (Phi) is 4.12. The molecule has 0 radical (unpaired) electrons. The molecule has 1 N–H and O–H groups in total. The smallest absolute Gasteiger partial charge is 0.238 e. The van der Waals surface area contributed by atoms with Crippen LogP contribution in [0, 0.1) is 18.8 Å². The Morgan fingerprint density at radius 2 is 1.68 bits per heavy atom. The van der Waals surface area contributed by atoms with Gasteiger partial charge in [0.05, 0.1) is 0 Å². The molecule has 0 aromatic heterocycles. The average molecular weight is 250 g/mol. The van der Waals surface area contributed by atoms with Crippen LogP contribution < -0.4 is 0 Å². The van der Waals surface area contributed by atoms with Crippen molar-refractivity contribution in [1.29, 1.82) is 0 Å². The van der Waals surface area contributed by atoms with Crippen LogP contribution in [0.1, 0.15) is 22.8 Å². The third kappa shape index (κ3) is 3.54. The van der Waals surface area contributed by atoms with Gasteiger partial charge in [0, 0.05) is 5.56 Å². The quantitative estimate of drug-likeness (QED) is 0.832. The van der Waals surface area contributed by atoms with Crippen LogP contribution in [0.15, 0.2) is 54.6 Å². The van der Waals surface area contributed by atoms with E-state index >= 15 is 0 Å². The first-order chi connectivity index (χ1) is 9.16. The summed E-state index contributed by atoms with van der Waals surface area (Å²) >= 11 is 0. The van der Waals surface area contributed by atoms with Crippen molar-refractivity contribution in [2.45, 2.75) is 13.0 Å².